The van der Waals surface area contributed by atoms with Crippen molar-refractivity contribution in [3.05, 3.63) is 68.7 Å². The summed E-state index contributed by atoms with van der Waals surface area (Å²) in [5, 5.41) is 45.8. The van der Waals surface area contributed by atoms with E-state index < -0.39 is 57.0 Å². The van der Waals surface area contributed by atoms with Crippen molar-refractivity contribution in [2.24, 2.45) is 5.41 Å². The highest BCUT2D eigenvalue weighted by molar-refractivity contribution is 6.24. The molecular formula is C37H48O8. The maximum absolute atomic E-state index is 13.9. The molecule has 1 heterocycles. The molecule has 0 radical (unpaired) electrons. The van der Waals surface area contributed by atoms with Crippen LogP contribution in [0.4, 0.5) is 0 Å². The largest absolute Gasteiger partial charge is 0.511 e. The van der Waals surface area contributed by atoms with Crippen LogP contribution in [0, 0.1) is 5.41 Å². The van der Waals surface area contributed by atoms with Gasteiger partial charge in [-0.2, -0.15) is 0 Å². The molecule has 0 bridgehead atoms. The van der Waals surface area contributed by atoms with Gasteiger partial charge in [0.25, 0.3) is 0 Å². The first-order valence-corrected chi connectivity index (χ1v) is 15.8. The number of phenolic OH excluding ortho intramolecular Hbond substituents is 2. The Hall–Kier alpha value is -4.07. The standard InChI is InChI=1S/C37H48O8/c1-9-12-26(38)28-30(40)23-17-18-36(6,7)45-33(23)24(31(28)41)20-25-32(42)29(27(39)13-10-2)35(44)37(8,34(25)43)19-16-22(5)15-11-14-21(3)4/h14,16-18,40-43H,9-13,15,19-20H2,1-8H3/b22-16+/t37-/m1/s1. The summed E-state index contributed by atoms with van der Waals surface area (Å²) >= 11 is 0. The lowest BCUT2D eigenvalue weighted by molar-refractivity contribution is -0.127. The van der Waals surface area contributed by atoms with Crippen LogP contribution in [0.2, 0.25) is 0 Å². The van der Waals surface area contributed by atoms with Crippen LogP contribution in [0.25, 0.3) is 6.08 Å². The molecule has 0 saturated carbocycles. The Morgan fingerprint density at radius 1 is 0.889 bits per heavy atom. The summed E-state index contributed by atoms with van der Waals surface area (Å²) in [5.74, 6) is -3.69. The average Bonchev–Trinajstić information content (AvgIpc) is 2.94. The van der Waals surface area contributed by atoms with E-state index in [-0.39, 0.29) is 53.7 Å². The summed E-state index contributed by atoms with van der Waals surface area (Å²) in [6.45, 7) is 14.7. The molecule has 4 N–H and O–H groups in total. The molecular weight excluding hydrogens is 572 g/mol. The molecule has 45 heavy (non-hydrogen) atoms. The highest BCUT2D eigenvalue weighted by Gasteiger charge is 2.48. The van der Waals surface area contributed by atoms with Gasteiger partial charge in [0.15, 0.2) is 17.3 Å². The lowest BCUT2D eigenvalue weighted by Gasteiger charge is -2.35. The summed E-state index contributed by atoms with van der Waals surface area (Å²) in [6, 6.07) is 0. The molecule has 0 aromatic heterocycles. The Balaban J connectivity index is 2.27. The summed E-state index contributed by atoms with van der Waals surface area (Å²) in [4.78, 5) is 40.3. The van der Waals surface area contributed by atoms with Crippen LogP contribution in [0.15, 0.2) is 52.0 Å². The van der Waals surface area contributed by atoms with E-state index in [9.17, 15) is 34.8 Å². The highest BCUT2D eigenvalue weighted by atomic mass is 16.5. The summed E-state index contributed by atoms with van der Waals surface area (Å²) in [6.07, 6.45) is 9.57. The van der Waals surface area contributed by atoms with Crippen LogP contribution in [-0.2, 0) is 16.0 Å². The average molecular weight is 621 g/mol. The molecule has 1 aromatic carbocycles. The number of fused-ring (bicyclic) bond motifs is 1. The number of aliphatic hydroxyl groups is 2. The third-order valence-corrected chi connectivity index (χ3v) is 8.42. The minimum Gasteiger partial charge on any atom is -0.511 e. The van der Waals surface area contributed by atoms with E-state index in [4.69, 9.17) is 4.74 Å². The van der Waals surface area contributed by atoms with Gasteiger partial charge in [-0.1, -0.05) is 37.1 Å². The molecule has 1 aliphatic carbocycles. The third kappa shape index (κ3) is 7.26. The van der Waals surface area contributed by atoms with E-state index in [1.807, 2.05) is 26.8 Å². The number of allylic oxidation sites excluding steroid dienone is 7. The number of hydrogen-bond donors (Lipinski definition) is 4. The molecule has 2 aliphatic rings. The van der Waals surface area contributed by atoms with Crippen molar-refractivity contribution in [2.45, 2.75) is 112 Å². The number of benzene rings is 1. The van der Waals surface area contributed by atoms with E-state index in [0.717, 1.165) is 18.4 Å². The van der Waals surface area contributed by atoms with Crippen molar-refractivity contribution in [3.8, 4) is 17.2 Å². The van der Waals surface area contributed by atoms with E-state index in [1.165, 1.54) is 5.57 Å². The Labute approximate surface area is 266 Å². The van der Waals surface area contributed by atoms with Gasteiger partial charge < -0.3 is 25.2 Å². The normalized spacial score (nSPS) is 19.4. The number of carbonyl (C=O) groups is 3. The number of rotatable bonds is 13. The first-order valence-electron chi connectivity index (χ1n) is 15.8. The summed E-state index contributed by atoms with van der Waals surface area (Å²) in [5.41, 5.74) is -0.806. The van der Waals surface area contributed by atoms with Crippen LogP contribution in [0.3, 0.4) is 0 Å². The maximum Gasteiger partial charge on any atom is 0.183 e. The number of aromatic hydroxyl groups is 2. The van der Waals surface area contributed by atoms with Crippen LogP contribution < -0.4 is 4.74 Å². The second kappa shape index (κ2) is 13.9. The van der Waals surface area contributed by atoms with Gasteiger partial charge in [-0.05, 0) is 85.8 Å². The van der Waals surface area contributed by atoms with Gasteiger partial charge in [-0.15, -0.1) is 0 Å². The predicted octanol–water partition coefficient (Wildman–Crippen LogP) is 8.47. The molecule has 3 rings (SSSR count). The Morgan fingerprint density at radius 2 is 1.51 bits per heavy atom. The fraction of sp³-hybridized carbons (Fsp3) is 0.486. The fourth-order valence-electron chi connectivity index (χ4n) is 5.71. The number of ketones is 3. The number of carbonyl (C=O) groups excluding carboxylic acids is 3. The molecule has 1 atom stereocenters. The maximum atomic E-state index is 13.9. The van der Waals surface area contributed by atoms with E-state index in [2.05, 4.69) is 6.08 Å². The van der Waals surface area contributed by atoms with Gasteiger partial charge in [0, 0.05) is 30.4 Å². The van der Waals surface area contributed by atoms with Crippen molar-refractivity contribution in [2.75, 3.05) is 0 Å². The zero-order valence-corrected chi connectivity index (χ0v) is 27.9. The second-order valence-corrected chi connectivity index (χ2v) is 13.1. The Morgan fingerprint density at radius 3 is 2.11 bits per heavy atom. The van der Waals surface area contributed by atoms with Gasteiger partial charge in [0.2, 0.25) is 0 Å². The number of aliphatic hydroxyl groups excluding tert-OH is 2. The molecule has 8 nitrogen and oxygen atoms in total. The van der Waals surface area contributed by atoms with Crippen molar-refractivity contribution < 1.29 is 39.5 Å². The van der Waals surface area contributed by atoms with Crippen LogP contribution in [0.1, 0.15) is 122 Å². The molecule has 0 unspecified atom stereocenters. The van der Waals surface area contributed by atoms with Gasteiger partial charge in [0.1, 0.15) is 45.5 Å². The molecule has 0 fully saturated rings. The van der Waals surface area contributed by atoms with Crippen molar-refractivity contribution in [3.63, 3.8) is 0 Å². The van der Waals surface area contributed by atoms with Gasteiger partial charge >= 0.3 is 0 Å². The molecule has 0 amide bonds. The smallest absolute Gasteiger partial charge is 0.183 e. The predicted molar refractivity (Wildman–Crippen MR) is 176 cm³/mol. The Kier molecular flexibility index (Phi) is 11.0. The SMILES string of the molecule is CCCC(=O)C1=C(O)C(Cc2c(O)c(C(=O)CCC)c(O)c3c2OC(C)(C)C=C3)=C(O)[C@@](C)(C/C=C(\C)CCC=C(C)C)C1=O. The zero-order valence-electron chi connectivity index (χ0n) is 27.9. The van der Waals surface area contributed by atoms with E-state index in [1.54, 1.807) is 46.8 Å². The van der Waals surface area contributed by atoms with Gasteiger partial charge in [-0.3, -0.25) is 14.4 Å². The van der Waals surface area contributed by atoms with E-state index in [0.29, 0.717) is 12.8 Å². The number of hydrogen-bond acceptors (Lipinski definition) is 8. The highest BCUT2D eigenvalue weighted by Crippen LogP contribution is 2.50. The van der Waals surface area contributed by atoms with Crippen LogP contribution in [0.5, 0.6) is 17.2 Å². The molecule has 0 saturated heterocycles. The molecule has 1 aromatic rings. The number of ether oxygens (including phenoxy) is 1. The van der Waals surface area contributed by atoms with Gasteiger partial charge in [0.05, 0.1) is 11.0 Å². The quantitative estimate of drug-likeness (QED) is 0.0977. The number of Topliss-reactive ketones (excluding diaryl/α,β-unsaturated/α-hetero) is 3. The first-order chi connectivity index (χ1) is 21.0. The lowest BCUT2D eigenvalue weighted by Crippen LogP contribution is -2.39. The molecule has 1 aliphatic heterocycles. The van der Waals surface area contributed by atoms with E-state index >= 15 is 0 Å². The molecule has 0 spiro atoms. The fourth-order valence-corrected chi connectivity index (χ4v) is 5.71. The minimum atomic E-state index is -1.58. The van der Waals surface area contributed by atoms with Crippen molar-refractivity contribution in [1.29, 1.82) is 0 Å². The van der Waals surface area contributed by atoms with Crippen molar-refractivity contribution in [1.82, 2.24) is 0 Å². The first kappa shape index (κ1) is 35.4. The number of phenols is 2. The Bertz CT molecular complexity index is 1540. The lowest BCUT2D eigenvalue weighted by atomic mass is 9.69. The third-order valence-electron chi connectivity index (χ3n) is 8.42. The second-order valence-electron chi connectivity index (χ2n) is 13.1. The summed E-state index contributed by atoms with van der Waals surface area (Å²) < 4.78 is 6.17. The minimum absolute atomic E-state index is 0.0183. The molecule has 244 valence electrons. The van der Waals surface area contributed by atoms with Gasteiger partial charge in [-0.25, -0.2) is 0 Å². The zero-order chi connectivity index (χ0) is 33.9. The van der Waals surface area contributed by atoms with Crippen LogP contribution in [-0.4, -0.2) is 43.4 Å². The van der Waals surface area contributed by atoms with Crippen LogP contribution >= 0.6 is 0 Å². The van der Waals surface area contributed by atoms with Crippen molar-refractivity contribution >= 4 is 23.4 Å². The summed E-state index contributed by atoms with van der Waals surface area (Å²) in [7, 11) is 0. The topological polar surface area (TPSA) is 141 Å². The monoisotopic (exact) mass is 620 g/mol. The molecule has 8 heteroatoms.